The number of likely N-dealkylation sites (tertiary alicyclic amines) is 1. The van der Waals surface area contributed by atoms with E-state index in [4.69, 9.17) is 4.74 Å². The summed E-state index contributed by atoms with van der Waals surface area (Å²) in [4.78, 5) is 15.3. The van der Waals surface area contributed by atoms with Crippen LogP contribution >= 0.6 is 0 Å². The van der Waals surface area contributed by atoms with Crippen LogP contribution in [0.25, 0.3) is 16.6 Å². The molecule has 0 aliphatic carbocycles. The Bertz CT molecular complexity index is 1260. The third kappa shape index (κ3) is 5.17. The lowest BCUT2D eigenvalue weighted by atomic mass is 10.1. The average Bonchev–Trinajstić information content (AvgIpc) is 3.26. The number of benzene rings is 2. The fourth-order valence-corrected chi connectivity index (χ4v) is 4.53. The van der Waals surface area contributed by atoms with Gasteiger partial charge in [-0.1, -0.05) is 36.8 Å². The number of hydrogen-bond donors (Lipinski definition) is 0. The number of ether oxygens (including phenoxy) is 1. The van der Waals surface area contributed by atoms with Crippen molar-refractivity contribution in [2.45, 2.75) is 38.8 Å². The number of aromatic nitrogens is 3. The van der Waals surface area contributed by atoms with Gasteiger partial charge in [0.05, 0.1) is 11.7 Å². The Balaban J connectivity index is 1.25. The van der Waals surface area contributed by atoms with Gasteiger partial charge in [-0.3, -0.25) is 14.0 Å². The normalized spacial score (nSPS) is 14.5. The second-order valence-corrected chi connectivity index (χ2v) is 8.71. The van der Waals surface area contributed by atoms with E-state index in [0.717, 1.165) is 41.7 Å². The summed E-state index contributed by atoms with van der Waals surface area (Å²) in [6.45, 7) is 4.94. The molecule has 0 bridgehead atoms. The number of pyridine rings is 1. The molecule has 0 saturated carbocycles. The third-order valence-corrected chi connectivity index (χ3v) is 6.34. The third-order valence-electron chi connectivity index (χ3n) is 6.34. The number of fused-ring (bicyclic) bond motifs is 1. The summed E-state index contributed by atoms with van der Waals surface area (Å²) in [6, 6.07) is 19.4. The first-order chi connectivity index (χ1) is 16.3. The predicted octanol–water partition coefficient (Wildman–Crippen LogP) is 4.64. The van der Waals surface area contributed by atoms with Gasteiger partial charge < -0.3 is 9.64 Å². The molecular weight excluding hydrogens is 412 g/mol. The summed E-state index contributed by atoms with van der Waals surface area (Å²) in [7, 11) is 0. The molecule has 3 heterocycles. The first-order valence-electron chi connectivity index (χ1n) is 11.8. The number of rotatable bonds is 8. The lowest BCUT2D eigenvalue weighted by Crippen LogP contribution is -2.31. The molecular formula is C27H30N4O2. The molecule has 4 aromatic rings. The van der Waals surface area contributed by atoms with Crippen molar-refractivity contribution in [2.75, 3.05) is 19.6 Å². The van der Waals surface area contributed by atoms with Crippen molar-refractivity contribution in [3.8, 4) is 11.4 Å². The monoisotopic (exact) mass is 442 g/mol. The van der Waals surface area contributed by atoms with Gasteiger partial charge in [-0.15, -0.1) is 0 Å². The summed E-state index contributed by atoms with van der Waals surface area (Å²) < 4.78 is 9.51. The van der Waals surface area contributed by atoms with E-state index in [1.54, 1.807) is 10.8 Å². The van der Waals surface area contributed by atoms with Gasteiger partial charge in [0.15, 0.2) is 0 Å². The van der Waals surface area contributed by atoms with E-state index in [2.05, 4.69) is 20.7 Å². The average molecular weight is 443 g/mol. The molecule has 2 aromatic carbocycles. The molecule has 1 saturated heterocycles. The molecule has 6 heteroatoms. The molecule has 1 aliphatic rings. The van der Waals surface area contributed by atoms with Crippen molar-refractivity contribution >= 4 is 10.9 Å². The lowest BCUT2D eigenvalue weighted by Gasteiger charge is -2.26. The molecule has 0 amide bonds. The van der Waals surface area contributed by atoms with Crippen LogP contribution in [0.3, 0.4) is 0 Å². The van der Waals surface area contributed by atoms with E-state index in [9.17, 15) is 4.79 Å². The van der Waals surface area contributed by atoms with Gasteiger partial charge in [-0.05, 0) is 68.7 Å². The highest BCUT2D eigenvalue weighted by molar-refractivity contribution is 5.80. The number of hydrogen-bond acceptors (Lipinski definition) is 4. The van der Waals surface area contributed by atoms with E-state index in [1.807, 2.05) is 54.7 Å². The minimum atomic E-state index is -0.117. The molecule has 6 nitrogen and oxygen atoms in total. The standard InChI is InChI=1S/C27H30N4O2/c32-27-19-25(33-21-22-8-3-1-4-9-22)12-17-30(27)24-10-11-26-23(18-24)20-28-31(26)16-7-15-29-13-5-2-6-14-29/h1,3-4,8-12,17-20H,2,5-7,13-16,21H2. The first-order valence-corrected chi connectivity index (χ1v) is 11.8. The van der Waals surface area contributed by atoms with Crippen molar-refractivity contribution in [1.29, 1.82) is 0 Å². The minimum Gasteiger partial charge on any atom is -0.489 e. The van der Waals surface area contributed by atoms with Crippen LogP contribution in [0.4, 0.5) is 0 Å². The van der Waals surface area contributed by atoms with Gasteiger partial charge >= 0.3 is 0 Å². The number of nitrogens with zero attached hydrogens (tertiary/aromatic N) is 4. The van der Waals surface area contributed by atoms with Crippen LogP contribution in [0.15, 0.2) is 77.9 Å². The van der Waals surface area contributed by atoms with Crippen LogP contribution in [-0.2, 0) is 13.2 Å². The highest BCUT2D eigenvalue weighted by Crippen LogP contribution is 2.19. The molecule has 170 valence electrons. The lowest BCUT2D eigenvalue weighted by molar-refractivity contribution is 0.222. The molecule has 0 atom stereocenters. The summed E-state index contributed by atoms with van der Waals surface area (Å²) in [5.74, 6) is 0.572. The van der Waals surface area contributed by atoms with Crippen LogP contribution in [0, 0.1) is 0 Å². The highest BCUT2D eigenvalue weighted by atomic mass is 16.5. The van der Waals surface area contributed by atoms with Crippen molar-refractivity contribution in [1.82, 2.24) is 19.2 Å². The van der Waals surface area contributed by atoms with Gasteiger partial charge in [0, 0.05) is 29.9 Å². The largest absolute Gasteiger partial charge is 0.489 e. The molecule has 1 fully saturated rings. The molecule has 0 N–H and O–H groups in total. The highest BCUT2D eigenvalue weighted by Gasteiger charge is 2.11. The first kappa shape index (κ1) is 21.5. The maximum absolute atomic E-state index is 12.7. The summed E-state index contributed by atoms with van der Waals surface area (Å²) in [5, 5.41) is 5.64. The van der Waals surface area contributed by atoms with E-state index < -0.39 is 0 Å². The Labute approximate surface area is 194 Å². The van der Waals surface area contributed by atoms with Crippen LogP contribution < -0.4 is 10.3 Å². The summed E-state index contributed by atoms with van der Waals surface area (Å²) in [5.41, 5.74) is 2.89. The molecule has 1 aliphatic heterocycles. The second-order valence-electron chi connectivity index (χ2n) is 8.71. The second kappa shape index (κ2) is 10.0. The van der Waals surface area contributed by atoms with E-state index >= 15 is 0 Å². The zero-order valence-corrected chi connectivity index (χ0v) is 18.9. The van der Waals surface area contributed by atoms with Crippen LogP contribution in [-0.4, -0.2) is 38.9 Å². The summed E-state index contributed by atoms with van der Waals surface area (Å²) >= 11 is 0. The van der Waals surface area contributed by atoms with Gasteiger partial charge in [0.1, 0.15) is 12.4 Å². The Morgan fingerprint density at radius 2 is 1.76 bits per heavy atom. The molecule has 0 spiro atoms. The Morgan fingerprint density at radius 1 is 0.909 bits per heavy atom. The fourth-order valence-electron chi connectivity index (χ4n) is 4.53. The molecule has 0 unspecified atom stereocenters. The van der Waals surface area contributed by atoms with Crippen LogP contribution in [0.2, 0.25) is 0 Å². The quantitative estimate of drug-likeness (QED) is 0.399. The fraction of sp³-hybridized carbons (Fsp3) is 0.333. The van der Waals surface area contributed by atoms with Crippen molar-refractivity contribution in [3.05, 3.63) is 89.0 Å². The number of aryl methyl sites for hydroxylation is 1. The van der Waals surface area contributed by atoms with Gasteiger partial charge in [-0.2, -0.15) is 5.10 Å². The minimum absolute atomic E-state index is 0.117. The Hall–Kier alpha value is -3.38. The Morgan fingerprint density at radius 3 is 2.58 bits per heavy atom. The topological polar surface area (TPSA) is 52.3 Å². The van der Waals surface area contributed by atoms with E-state index in [-0.39, 0.29) is 5.56 Å². The zero-order valence-electron chi connectivity index (χ0n) is 18.9. The number of piperidine rings is 1. The zero-order chi connectivity index (χ0) is 22.5. The molecule has 2 aromatic heterocycles. The van der Waals surface area contributed by atoms with Crippen molar-refractivity contribution < 1.29 is 4.74 Å². The predicted molar refractivity (Wildman–Crippen MR) is 131 cm³/mol. The van der Waals surface area contributed by atoms with Gasteiger partial charge in [0.25, 0.3) is 5.56 Å². The van der Waals surface area contributed by atoms with Crippen molar-refractivity contribution in [3.63, 3.8) is 0 Å². The smallest absolute Gasteiger partial charge is 0.258 e. The Kier molecular flexibility index (Phi) is 6.53. The van der Waals surface area contributed by atoms with E-state index in [1.165, 1.54) is 38.4 Å². The SMILES string of the molecule is O=c1cc(OCc2ccccc2)ccn1-c1ccc2c(cnn2CCCN2CCCCC2)c1. The van der Waals surface area contributed by atoms with Gasteiger partial charge in [-0.25, -0.2) is 0 Å². The molecule has 0 radical (unpaired) electrons. The van der Waals surface area contributed by atoms with Gasteiger partial charge in [0.2, 0.25) is 0 Å². The van der Waals surface area contributed by atoms with Crippen molar-refractivity contribution in [2.24, 2.45) is 0 Å². The molecule has 33 heavy (non-hydrogen) atoms. The maximum atomic E-state index is 12.7. The maximum Gasteiger partial charge on any atom is 0.258 e. The molecule has 5 rings (SSSR count). The van der Waals surface area contributed by atoms with Crippen LogP contribution in [0.5, 0.6) is 5.75 Å². The summed E-state index contributed by atoms with van der Waals surface area (Å²) in [6.07, 6.45) is 8.78. The van der Waals surface area contributed by atoms with Crippen LogP contribution in [0.1, 0.15) is 31.2 Å². The van der Waals surface area contributed by atoms with E-state index in [0.29, 0.717) is 12.4 Å².